The molecule has 7 nitrogen and oxygen atoms in total. The van der Waals surface area contributed by atoms with Crippen LogP contribution in [0.5, 0.6) is 0 Å². The predicted molar refractivity (Wildman–Crippen MR) is 104 cm³/mol. The highest BCUT2D eigenvalue weighted by atomic mass is 35.5. The lowest BCUT2D eigenvalue weighted by Crippen LogP contribution is -2.30. The first-order chi connectivity index (χ1) is 14.3. The summed E-state index contributed by atoms with van der Waals surface area (Å²) in [6, 6.07) is 10.7. The Balaban J connectivity index is 1.64. The monoisotopic (exact) mass is 460 g/mol. The highest BCUT2D eigenvalue weighted by Crippen LogP contribution is 2.26. The first-order valence-electron chi connectivity index (χ1n) is 8.63. The number of amides is 1. The van der Waals surface area contributed by atoms with Gasteiger partial charge in [0.25, 0.3) is 0 Å². The SMILES string of the molecule is O=C(NCCSc1nnc(-c2ccc(Cl)cc2)n1Cc1ccco1)OCC(F)(F)F. The highest BCUT2D eigenvalue weighted by Gasteiger charge is 2.29. The van der Waals surface area contributed by atoms with E-state index in [0.717, 1.165) is 5.56 Å². The summed E-state index contributed by atoms with van der Waals surface area (Å²) >= 11 is 7.23. The van der Waals surface area contributed by atoms with E-state index in [2.05, 4.69) is 20.3 Å². The largest absolute Gasteiger partial charge is 0.467 e. The molecule has 1 N–H and O–H groups in total. The van der Waals surface area contributed by atoms with Crippen LogP contribution in [0.15, 0.2) is 52.2 Å². The molecule has 1 aromatic carbocycles. The van der Waals surface area contributed by atoms with Crippen molar-refractivity contribution in [2.24, 2.45) is 0 Å². The lowest BCUT2D eigenvalue weighted by Gasteiger charge is -2.10. The van der Waals surface area contributed by atoms with Crippen molar-refractivity contribution in [1.82, 2.24) is 20.1 Å². The minimum Gasteiger partial charge on any atom is -0.467 e. The minimum absolute atomic E-state index is 0.0885. The van der Waals surface area contributed by atoms with Crippen LogP contribution < -0.4 is 5.32 Å². The summed E-state index contributed by atoms with van der Waals surface area (Å²) in [6.07, 6.45) is -4.14. The molecule has 0 fully saturated rings. The predicted octanol–water partition coefficient (Wildman–Crippen LogP) is 4.62. The van der Waals surface area contributed by atoms with Gasteiger partial charge in [-0.05, 0) is 36.4 Å². The molecule has 3 rings (SSSR count). The van der Waals surface area contributed by atoms with E-state index in [1.807, 2.05) is 22.8 Å². The van der Waals surface area contributed by atoms with Crippen LogP contribution in [0.3, 0.4) is 0 Å². The molecule has 2 heterocycles. The van der Waals surface area contributed by atoms with E-state index < -0.39 is 18.9 Å². The third-order valence-corrected chi connectivity index (χ3v) is 4.90. The summed E-state index contributed by atoms with van der Waals surface area (Å²) in [5.41, 5.74) is 0.805. The molecule has 0 spiro atoms. The number of benzene rings is 1. The second-order valence-electron chi connectivity index (χ2n) is 5.95. The smallest absolute Gasteiger partial charge is 0.422 e. The van der Waals surface area contributed by atoms with E-state index in [1.54, 1.807) is 24.5 Å². The van der Waals surface area contributed by atoms with Crippen molar-refractivity contribution in [3.8, 4) is 11.4 Å². The fraction of sp³-hybridized carbons (Fsp3) is 0.278. The van der Waals surface area contributed by atoms with Crippen molar-refractivity contribution < 1.29 is 27.1 Å². The van der Waals surface area contributed by atoms with Crippen LogP contribution >= 0.6 is 23.4 Å². The number of hydrogen-bond donors (Lipinski definition) is 1. The van der Waals surface area contributed by atoms with Gasteiger partial charge in [-0.15, -0.1) is 10.2 Å². The number of thioether (sulfide) groups is 1. The van der Waals surface area contributed by atoms with Gasteiger partial charge in [0.1, 0.15) is 5.76 Å². The zero-order chi connectivity index (χ0) is 21.6. The van der Waals surface area contributed by atoms with Crippen LogP contribution in [0.25, 0.3) is 11.4 Å². The number of alkyl carbamates (subject to hydrolysis) is 1. The van der Waals surface area contributed by atoms with Crippen molar-refractivity contribution in [2.75, 3.05) is 18.9 Å². The second kappa shape index (κ2) is 9.90. The molecule has 0 radical (unpaired) electrons. The Kier molecular flexibility index (Phi) is 7.27. The van der Waals surface area contributed by atoms with Gasteiger partial charge in [-0.1, -0.05) is 23.4 Å². The first kappa shape index (κ1) is 22.0. The Hall–Kier alpha value is -2.66. The molecule has 30 heavy (non-hydrogen) atoms. The van der Waals surface area contributed by atoms with Gasteiger partial charge >= 0.3 is 12.3 Å². The maximum Gasteiger partial charge on any atom is 0.422 e. The van der Waals surface area contributed by atoms with E-state index >= 15 is 0 Å². The average Bonchev–Trinajstić information content (AvgIpc) is 3.34. The molecule has 3 aromatic rings. The molecule has 0 aliphatic rings. The van der Waals surface area contributed by atoms with Crippen LogP contribution in [0, 0.1) is 0 Å². The summed E-state index contributed by atoms with van der Waals surface area (Å²) in [5.74, 6) is 1.64. The van der Waals surface area contributed by atoms with Crippen molar-refractivity contribution >= 4 is 29.5 Å². The number of alkyl halides is 3. The zero-order valence-electron chi connectivity index (χ0n) is 15.4. The summed E-state index contributed by atoms with van der Waals surface area (Å²) in [6.45, 7) is -1.17. The summed E-state index contributed by atoms with van der Waals surface area (Å²) in [4.78, 5) is 11.3. The molecular weight excluding hydrogens is 445 g/mol. The number of hydrogen-bond acceptors (Lipinski definition) is 6. The van der Waals surface area contributed by atoms with E-state index in [4.69, 9.17) is 16.0 Å². The molecule has 0 unspecified atom stereocenters. The van der Waals surface area contributed by atoms with Gasteiger partial charge in [0, 0.05) is 22.9 Å². The third-order valence-electron chi connectivity index (χ3n) is 3.68. The lowest BCUT2D eigenvalue weighted by molar-refractivity contribution is -0.160. The molecule has 0 aliphatic carbocycles. The third kappa shape index (κ3) is 6.42. The summed E-state index contributed by atoms with van der Waals surface area (Å²) < 4.78 is 47.5. The Bertz CT molecular complexity index is 962. The molecule has 2 aromatic heterocycles. The summed E-state index contributed by atoms with van der Waals surface area (Å²) in [5, 5.41) is 11.8. The Morgan fingerprint density at radius 2 is 2.00 bits per heavy atom. The summed E-state index contributed by atoms with van der Waals surface area (Å²) in [7, 11) is 0. The fourth-order valence-corrected chi connectivity index (χ4v) is 3.32. The number of rotatable bonds is 8. The van der Waals surface area contributed by atoms with Gasteiger partial charge in [-0.3, -0.25) is 4.57 Å². The molecule has 0 atom stereocenters. The number of furan rings is 1. The quantitative estimate of drug-likeness (QED) is 0.390. The number of carbonyl (C=O) groups is 1. The number of aromatic nitrogens is 3. The molecule has 160 valence electrons. The molecule has 12 heteroatoms. The molecule has 0 saturated carbocycles. The number of ether oxygens (including phenoxy) is 1. The minimum atomic E-state index is -4.56. The molecular formula is C18H16ClF3N4O3S. The van der Waals surface area contributed by atoms with Crippen LogP contribution in [-0.4, -0.2) is 45.9 Å². The standard InChI is InChI=1S/C18H16ClF3N4O3S/c19-13-5-3-12(4-6-13)15-24-25-16(26(15)10-14-2-1-8-28-14)30-9-7-23-17(27)29-11-18(20,21)22/h1-6,8H,7,9-11H2,(H,23,27). The van der Waals surface area contributed by atoms with Crippen molar-refractivity contribution in [3.05, 3.63) is 53.4 Å². The fourth-order valence-electron chi connectivity index (χ4n) is 2.40. The lowest BCUT2D eigenvalue weighted by atomic mass is 10.2. The number of nitrogens with one attached hydrogen (secondary N) is 1. The zero-order valence-corrected chi connectivity index (χ0v) is 16.9. The number of halogens is 4. The van der Waals surface area contributed by atoms with Gasteiger partial charge in [-0.2, -0.15) is 13.2 Å². The van der Waals surface area contributed by atoms with Crippen LogP contribution in [0.4, 0.5) is 18.0 Å². The van der Waals surface area contributed by atoms with Gasteiger partial charge in [0.15, 0.2) is 17.6 Å². The van der Waals surface area contributed by atoms with Crippen LogP contribution in [-0.2, 0) is 11.3 Å². The van der Waals surface area contributed by atoms with Crippen LogP contribution in [0.1, 0.15) is 5.76 Å². The molecule has 1 amide bonds. The number of carbonyl (C=O) groups excluding carboxylic acids is 1. The van der Waals surface area contributed by atoms with Crippen molar-refractivity contribution in [2.45, 2.75) is 17.9 Å². The first-order valence-corrected chi connectivity index (χ1v) is 10.00. The van der Waals surface area contributed by atoms with Gasteiger partial charge in [0.2, 0.25) is 0 Å². The van der Waals surface area contributed by atoms with Crippen molar-refractivity contribution in [3.63, 3.8) is 0 Å². The topological polar surface area (TPSA) is 82.2 Å². The van der Waals surface area contributed by atoms with E-state index in [0.29, 0.717) is 34.1 Å². The maximum absolute atomic E-state index is 12.0. The second-order valence-corrected chi connectivity index (χ2v) is 7.44. The Morgan fingerprint density at radius 1 is 1.23 bits per heavy atom. The van der Waals surface area contributed by atoms with E-state index in [9.17, 15) is 18.0 Å². The Labute approximate surface area is 178 Å². The maximum atomic E-state index is 12.0. The van der Waals surface area contributed by atoms with Gasteiger partial charge < -0.3 is 14.5 Å². The van der Waals surface area contributed by atoms with Crippen molar-refractivity contribution in [1.29, 1.82) is 0 Å². The normalized spacial score (nSPS) is 11.5. The van der Waals surface area contributed by atoms with Gasteiger partial charge in [-0.25, -0.2) is 4.79 Å². The molecule has 0 aliphatic heterocycles. The van der Waals surface area contributed by atoms with Gasteiger partial charge in [0.05, 0.1) is 12.8 Å². The van der Waals surface area contributed by atoms with E-state index in [1.165, 1.54) is 11.8 Å². The number of nitrogens with zero attached hydrogens (tertiary/aromatic N) is 3. The molecule has 0 saturated heterocycles. The van der Waals surface area contributed by atoms with Crippen LogP contribution in [0.2, 0.25) is 5.02 Å². The molecule has 0 bridgehead atoms. The highest BCUT2D eigenvalue weighted by molar-refractivity contribution is 7.99. The Morgan fingerprint density at radius 3 is 2.67 bits per heavy atom. The average molecular weight is 461 g/mol. The van der Waals surface area contributed by atoms with E-state index in [-0.39, 0.29) is 6.54 Å².